The van der Waals surface area contributed by atoms with E-state index in [2.05, 4.69) is 40.6 Å². The van der Waals surface area contributed by atoms with Crippen LogP contribution in [0.15, 0.2) is 18.5 Å². The number of aromatic nitrogens is 1. The highest BCUT2D eigenvalue weighted by atomic mass is 15.2. The van der Waals surface area contributed by atoms with Crippen molar-refractivity contribution in [3.8, 4) is 0 Å². The van der Waals surface area contributed by atoms with Crippen LogP contribution in [0.1, 0.15) is 26.2 Å². The molecule has 1 atom stereocenters. The summed E-state index contributed by atoms with van der Waals surface area (Å²) >= 11 is 0. The lowest BCUT2D eigenvalue weighted by Crippen LogP contribution is -2.40. The van der Waals surface area contributed by atoms with E-state index >= 15 is 0 Å². The average molecular weight is 248 g/mol. The van der Waals surface area contributed by atoms with E-state index in [1.54, 1.807) is 0 Å². The Bertz CT molecular complexity index is 367. The number of nitrogens with one attached hydrogen (secondary N) is 2. The smallest absolute Gasteiger partial charge is 0.0548 e. The van der Waals surface area contributed by atoms with Gasteiger partial charge in [0.25, 0.3) is 0 Å². The van der Waals surface area contributed by atoms with Crippen LogP contribution in [-0.2, 0) is 0 Å². The van der Waals surface area contributed by atoms with Gasteiger partial charge in [0, 0.05) is 19.1 Å². The van der Waals surface area contributed by atoms with Crippen LogP contribution in [0.5, 0.6) is 0 Å². The molecule has 1 fully saturated rings. The highest BCUT2D eigenvalue weighted by Gasteiger charge is 2.18. The fourth-order valence-electron chi connectivity index (χ4n) is 2.48. The van der Waals surface area contributed by atoms with Crippen molar-refractivity contribution in [3.05, 3.63) is 18.5 Å². The van der Waals surface area contributed by atoms with Crippen LogP contribution in [0.25, 0.3) is 0 Å². The molecule has 0 amide bonds. The molecule has 4 nitrogen and oxygen atoms in total. The van der Waals surface area contributed by atoms with Crippen molar-refractivity contribution in [1.29, 1.82) is 0 Å². The third-order valence-corrected chi connectivity index (χ3v) is 3.58. The largest absolute Gasteiger partial charge is 0.384 e. The van der Waals surface area contributed by atoms with Gasteiger partial charge in [-0.25, -0.2) is 0 Å². The first-order valence-electron chi connectivity index (χ1n) is 6.92. The van der Waals surface area contributed by atoms with Gasteiger partial charge in [0.2, 0.25) is 0 Å². The van der Waals surface area contributed by atoms with Gasteiger partial charge in [-0.05, 0) is 39.4 Å². The van der Waals surface area contributed by atoms with Gasteiger partial charge >= 0.3 is 0 Å². The third kappa shape index (κ3) is 3.60. The summed E-state index contributed by atoms with van der Waals surface area (Å²) < 4.78 is 0. The second-order valence-corrected chi connectivity index (χ2v) is 5.00. The molecule has 1 unspecified atom stereocenters. The monoisotopic (exact) mass is 248 g/mol. The SMILES string of the molecule is CCNc1cncc(NCC2CCCCN2C)c1. The molecule has 4 heteroatoms. The molecule has 18 heavy (non-hydrogen) atoms. The quantitative estimate of drug-likeness (QED) is 0.839. The number of rotatable bonds is 5. The molecule has 0 aliphatic carbocycles. The van der Waals surface area contributed by atoms with E-state index in [4.69, 9.17) is 0 Å². The zero-order chi connectivity index (χ0) is 12.8. The van der Waals surface area contributed by atoms with Crippen LogP contribution in [0, 0.1) is 0 Å². The second kappa shape index (κ2) is 6.59. The summed E-state index contributed by atoms with van der Waals surface area (Å²) in [6.07, 6.45) is 7.74. The maximum absolute atomic E-state index is 4.25. The molecule has 0 spiro atoms. The molecule has 0 bridgehead atoms. The molecule has 2 N–H and O–H groups in total. The van der Waals surface area contributed by atoms with Gasteiger partial charge in [0.05, 0.1) is 23.8 Å². The molecule has 1 aliphatic heterocycles. The minimum Gasteiger partial charge on any atom is -0.384 e. The van der Waals surface area contributed by atoms with Gasteiger partial charge in [0.1, 0.15) is 0 Å². The summed E-state index contributed by atoms with van der Waals surface area (Å²) in [4.78, 5) is 6.70. The summed E-state index contributed by atoms with van der Waals surface area (Å²) in [7, 11) is 2.22. The van der Waals surface area contributed by atoms with E-state index < -0.39 is 0 Å². The molecular formula is C14H24N4. The summed E-state index contributed by atoms with van der Waals surface area (Å²) in [6, 6.07) is 2.78. The number of piperidine rings is 1. The summed E-state index contributed by atoms with van der Waals surface area (Å²) in [5, 5.41) is 6.78. The lowest BCUT2D eigenvalue weighted by Gasteiger charge is -2.32. The first-order chi connectivity index (χ1) is 8.79. The summed E-state index contributed by atoms with van der Waals surface area (Å²) in [5.74, 6) is 0. The average Bonchev–Trinajstić information content (AvgIpc) is 2.39. The normalized spacial score (nSPS) is 20.7. The molecule has 1 aromatic rings. The predicted octanol–water partition coefficient (Wildman–Crippen LogP) is 2.41. The maximum Gasteiger partial charge on any atom is 0.0548 e. The molecular weight excluding hydrogens is 224 g/mol. The van der Waals surface area contributed by atoms with Crippen LogP contribution in [0.2, 0.25) is 0 Å². The predicted molar refractivity (Wildman–Crippen MR) is 77.2 cm³/mol. The highest BCUT2D eigenvalue weighted by Crippen LogP contribution is 2.17. The van der Waals surface area contributed by atoms with E-state index in [1.807, 2.05) is 12.4 Å². The number of likely N-dealkylation sites (N-methyl/N-ethyl adjacent to an activating group) is 1. The molecule has 1 saturated heterocycles. The van der Waals surface area contributed by atoms with Crippen molar-refractivity contribution in [1.82, 2.24) is 9.88 Å². The molecule has 0 aromatic carbocycles. The topological polar surface area (TPSA) is 40.2 Å². The van der Waals surface area contributed by atoms with Gasteiger partial charge < -0.3 is 15.5 Å². The Morgan fingerprint density at radius 3 is 2.78 bits per heavy atom. The number of hydrogen-bond donors (Lipinski definition) is 2. The Balaban J connectivity index is 1.87. The number of pyridine rings is 1. The molecule has 2 rings (SSSR count). The van der Waals surface area contributed by atoms with E-state index in [1.165, 1.54) is 25.8 Å². The molecule has 1 aromatic heterocycles. The first-order valence-corrected chi connectivity index (χ1v) is 6.92. The van der Waals surface area contributed by atoms with Gasteiger partial charge in [-0.15, -0.1) is 0 Å². The van der Waals surface area contributed by atoms with Crippen molar-refractivity contribution < 1.29 is 0 Å². The zero-order valence-corrected chi connectivity index (χ0v) is 11.4. The lowest BCUT2D eigenvalue weighted by atomic mass is 10.0. The Kier molecular flexibility index (Phi) is 4.81. The minimum atomic E-state index is 0.654. The van der Waals surface area contributed by atoms with Gasteiger partial charge in [-0.1, -0.05) is 6.42 Å². The van der Waals surface area contributed by atoms with Crippen LogP contribution < -0.4 is 10.6 Å². The van der Waals surface area contributed by atoms with E-state index in [0.29, 0.717) is 6.04 Å². The molecule has 0 saturated carbocycles. The number of hydrogen-bond acceptors (Lipinski definition) is 4. The van der Waals surface area contributed by atoms with Crippen molar-refractivity contribution >= 4 is 11.4 Å². The fraction of sp³-hybridized carbons (Fsp3) is 0.643. The second-order valence-electron chi connectivity index (χ2n) is 5.00. The zero-order valence-electron chi connectivity index (χ0n) is 11.4. The summed E-state index contributed by atoms with van der Waals surface area (Å²) in [6.45, 7) is 5.25. The molecule has 0 radical (unpaired) electrons. The highest BCUT2D eigenvalue weighted by molar-refractivity contribution is 5.53. The van der Waals surface area contributed by atoms with Gasteiger partial charge in [-0.3, -0.25) is 4.98 Å². The van der Waals surface area contributed by atoms with Gasteiger partial charge in [-0.2, -0.15) is 0 Å². The van der Waals surface area contributed by atoms with Crippen LogP contribution in [0.3, 0.4) is 0 Å². The Morgan fingerprint density at radius 1 is 1.28 bits per heavy atom. The number of anilines is 2. The Labute approximate surface area is 110 Å². The summed E-state index contributed by atoms with van der Waals surface area (Å²) in [5.41, 5.74) is 2.19. The molecule has 2 heterocycles. The minimum absolute atomic E-state index is 0.654. The standard InChI is InChI=1S/C14H24N4/c1-3-16-12-8-13(10-15-9-12)17-11-14-6-4-5-7-18(14)2/h8-10,14,16-17H,3-7,11H2,1-2H3. The Morgan fingerprint density at radius 2 is 2.06 bits per heavy atom. The van der Waals surface area contributed by atoms with E-state index in [-0.39, 0.29) is 0 Å². The van der Waals surface area contributed by atoms with E-state index in [0.717, 1.165) is 24.5 Å². The van der Waals surface area contributed by atoms with Crippen LogP contribution in [0.4, 0.5) is 11.4 Å². The lowest BCUT2D eigenvalue weighted by molar-refractivity contribution is 0.194. The van der Waals surface area contributed by atoms with Gasteiger partial charge in [0.15, 0.2) is 0 Å². The van der Waals surface area contributed by atoms with Crippen molar-refractivity contribution in [3.63, 3.8) is 0 Å². The Hall–Kier alpha value is -1.29. The van der Waals surface area contributed by atoms with Crippen molar-refractivity contribution in [2.24, 2.45) is 0 Å². The molecule has 100 valence electrons. The van der Waals surface area contributed by atoms with Crippen molar-refractivity contribution in [2.75, 3.05) is 37.3 Å². The maximum atomic E-state index is 4.25. The van der Waals surface area contributed by atoms with Crippen molar-refractivity contribution in [2.45, 2.75) is 32.2 Å². The fourth-order valence-corrected chi connectivity index (χ4v) is 2.48. The van der Waals surface area contributed by atoms with Crippen LogP contribution in [-0.4, -0.2) is 42.6 Å². The number of likely N-dealkylation sites (tertiary alicyclic amines) is 1. The number of nitrogens with zero attached hydrogens (tertiary/aromatic N) is 2. The first kappa shape index (κ1) is 13.1. The third-order valence-electron chi connectivity index (χ3n) is 3.58. The van der Waals surface area contributed by atoms with Crippen LogP contribution >= 0.6 is 0 Å². The molecule has 1 aliphatic rings. The van der Waals surface area contributed by atoms with E-state index in [9.17, 15) is 0 Å².